The number of nitrogens with zero attached hydrogens (tertiary/aromatic N) is 3. The van der Waals surface area contributed by atoms with Gasteiger partial charge in [-0.25, -0.2) is 8.42 Å². The number of rotatable bonds is 7. The Hall–Kier alpha value is -1.38. The Kier molecular flexibility index (Phi) is 5.72. The van der Waals surface area contributed by atoms with Crippen LogP contribution in [-0.4, -0.2) is 30.2 Å². The molecule has 1 aromatic carbocycles. The maximum Gasteiger partial charge on any atom is 0.369 e. The molecule has 0 aliphatic heterocycles. The van der Waals surface area contributed by atoms with Crippen molar-refractivity contribution in [1.29, 1.82) is 0 Å². The Morgan fingerprint density at radius 1 is 1.20 bits per heavy atom. The fourth-order valence-corrected chi connectivity index (χ4v) is 4.75. The maximum absolute atomic E-state index is 11.6. The van der Waals surface area contributed by atoms with Gasteiger partial charge in [-0.15, -0.1) is 0 Å². The van der Waals surface area contributed by atoms with Crippen molar-refractivity contribution in [1.82, 2.24) is 0 Å². The molecular formula is C11H17N3O4SSi. The van der Waals surface area contributed by atoms with Crippen LogP contribution in [0.3, 0.4) is 0 Å². The quantitative estimate of drug-likeness (QED) is 0.332. The van der Waals surface area contributed by atoms with Crippen molar-refractivity contribution in [2.45, 2.75) is 25.3 Å². The smallest absolute Gasteiger partial charge is 0.369 e. The first-order chi connectivity index (χ1) is 9.39. The van der Waals surface area contributed by atoms with Gasteiger partial charge in [0.1, 0.15) is 0 Å². The molecule has 1 rings (SSSR count). The summed E-state index contributed by atoms with van der Waals surface area (Å²) >= 11 is 0. The monoisotopic (exact) mass is 315 g/mol. The van der Waals surface area contributed by atoms with Crippen molar-refractivity contribution >= 4 is 23.8 Å². The summed E-state index contributed by atoms with van der Waals surface area (Å²) < 4.78 is 37.4. The molecule has 0 spiro atoms. The van der Waals surface area contributed by atoms with E-state index in [0.717, 1.165) is 5.19 Å². The molecule has 1 aromatic rings. The highest BCUT2D eigenvalue weighted by molar-refractivity contribution is 7.90. The first-order valence-electron chi connectivity index (χ1n) is 6.09. The van der Waals surface area contributed by atoms with Gasteiger partial charge >= 0.3 is 8.56 Å². The average Bonchev–Trinajstić information content (AvgIpc) is 2.39. The van der Waals surface area contributed by atoms with Crippen LogP contribution in [0.2, 0.25) is 6.55 Å². The van der Waals surface area contributed by atoms with Gasteiger partial charge in [0.15, 0.2) is 0 Å². The van der Waals surface area contributed by atoms with Gasteiger partial charge in [0, 0.05) is 22.6 Å². The molecule has 0 bridgehead atoms. The third kappa shape index (κ3) is 3.81. The molecule has 0 aromatic heterocycles. The van der Waals surface area contributed by atoms with Crippen molar-refractivity contribution in [3.8, 4) is 0 Å². The summed E-state index contributed by atoms with van der Waals surface area (Å²) in [5.74, 6) is 0. The van der Waals surface area contributed by atoms with E-state index in [0.29, 0.717) is 13.2 Å². The van der Waals surface area contributed by atoms with Crippen molar-refractivity contribution in [2.24, 2.45) is 4.52 Å². The first-order valence-corrected chi connectivity index (χ1v) is 9.85. The molecule has 0 N–H and O–H groups in total. The van der Waals surface area contributed by atoms with Crippen molar-refractivity contribution in [2.75, 3.05) is 13.2 Å². The summed E-state index contributed by atoms with van der Waals surface area (Å²) in [5, 5.41) is 0.820. The summed E-state index contributed by atoms with van der Waals surface area (Å²) in [6.07, 6.45) is 0. The summed E-state index contributed by atoms with van der Waals surface area (Å²) in [5.41, 5.74) is 8.23. The predicted molar refractivity (Wildman–Crippen MR) is 77.3 cm³/mol. The molecule has 110 valence electrons. The van der Waals surface area contributed by atoms with Crippen LogP contribution in [0.4, 0.5) is 0 Å². The lowest BCUT2D eigenvalue weighted by atomic mass is 10.4. The molecule has 0 amide bonds. The van der Waals surface area contributed by atoms with Crippen LogP contribution in [0.15, 0.2) is 33.7 Å². The highest BCUT2D eigenvalue weighted by Gasteiger charge is 2.33. The second-order valence-electron chi connectivity index (χ2n) is 3.98. The molecule has 0 unspecified atom stereocenters. The Balaban J connectivity index is 3.15. The minimum atomic E-state index is -3.96. The lowest BCUT2D eigenvalue weighted by Crippen LogP contribution is -2.51. The van der Waals surface area contributed by atoms with Gasteiger partial charge in [0.25, 0.3) is 10.0 Å². The Morgan fingerprint density at radius 3 is 2.10 bits per heavy atom. The molecule has 9 heteroatoms. The van der Waals surface area contributed by atoms with E-state index in [9.17, 15) is 8.42 Å². The standard InChI is InChI=1S/C11H17N3O4SSi/c1-4-17-20(3,18-5-2)11-8-6-10(7-9-11)19(15,16)14-13-12/h6-9H,4-5H2,1-3H3. The van der Waals surface area contributed by atoms with Crippen LogP contribution in [0.1, 0.15) is 13.8 Å². The van der Waals surface area contributed by atoms with E-state index < -0.39 is 18.6 Å². The number of hydrogen-bond acceptors (Lipinski definition) is 4. The van der Waals surface area contributed by atoms with E-state index in [1.54, 1.807) is 12.1 Å². The van der Waals surface area contributed by atoms with Gasteiger partial charge in [0.2, 0.25) is 0 Å². The zero-order chi connectivity index (χ0) is 15.2. The van der Waals surface area contributed by atoms with Crippen LogP contribution >= 0.6 is 0 Å². The van der Waals surface area contributed by atoms with E-state index in [-0.39, 0.29) is 4.90 Å². The minimum absolute atomic E-state index is 0.0524. The van der Waals surface area contributed by atoms with Crippen molar-refractivity contribution in [3.63, 3.8) is 0 Å². The number of benzene rings is 1. The number of sulfonamides is 1. The molecule has 0 aliphatic rings. The van der Waals surface area contributed by atoms with E-state index in [1.165, 1.54) is 12.1 Å². The van der Waals surface area contributed by atoms with Crippen LogP contribution in [0.5, 0.6) is 0 Å². The summed E-state index contributed by atoms with van der Waals surface area (Å²) in [6, 6.07) is 6.06. The normalized spacial score (nSPS) is 11.9. The van der Waals surface area contributed by atoms with E-state index in [2.05, 4.69) is 9.43 Å². The van der Waals surface area contributed by atoms with Crippen LogP contribution in [0.25, 0.3) is 10.4 Å². The van der Waals surface area contributed by atoms with Gasteiger partial charge in [0.05, 0.1) is 4.90 Å². The second-order valence-corrected chi connectivity index (χ2v) is 8.61. The zero-order valence-corrected chi connectivity index (χ0v) is 13.4. The lowest BCUT2D eigenvalue weighted by molar-refractivity contribution is 0.202. The third-order valence-electron chi connectivity index (χ3n) is 2.66. The molecular weight excluding hydrogens is 298 g/mol. The molecule has 0 heterocycles. The first kappa shape index (κ1) is 16.7. The fraction of sp³-hybridized carbons (Fsp3) is 0.455. The van der Waals surface area contributed by atoms with Crippen LogP contribution in [0, 0.1) is 0 Å². The molecule has 20 heavy (non-hydrogen) atoms. The summed E-state index contributed by atoms with van der Waals surface area (Å²) in [4.78, 5) is 2.26. The minimum Gasteiger partial charge on any atom is -0.391 e. The maximum atomic E-state index is 11.6. The fourth-order valence-electron chi connectivity index (χ4n) is 1.78. The molecule has 0 atom stereocenters. The van der Waals surface area contributed by atoms with Crippen molar-refractivity contribution in [3.05, 3.63) is 34.7 Å². The lowest BCUT2D eigenvalue weighted by Gasteiger charge is -2.26. The molecule has 7 nitrogen and oxygen atoms in total. The van der Waals surface area contributed by atoms with Gasteiger partial charge < -0.3 is 8.85 Å². The third-order valence-corrected chi connectivity index (χ3v) is 6.88. The summed E-state index contributed by atoms with van der Waals surface area (Å²) in [7, 11) is -6.48. The Morgan fingerprint density at radius 2 is 1.70 bits per heavy atom. The molecule has 0 saturated heterocycles. The van der Waals surface area contributed by atoms with Gasteiger partial charge in [-0.1, -0.05) is 12.1 Å². The zero-order valence-electron chi connectivity index (χ0n) is 11.6. The molecule has 0 aliphatic carbocycles. The van der Waals surface area contributed by atoms with E-state index >= 15 is 0 Å². The topological polar surface area (TPSA) is 101 Å². The van der Waals surface area contributed by atoms with Gasteiger partial charge in [-0.3, -0.25) is 0 Å². The highest BCUT2D eigenvalue weighted by Crippen LogP contribution is 2.14. The van der Waals surface area contributed by atoms with Gasteiger partial charge in [-0.05, 0) is 43.2 Å². The number of hydrogen-bond donors (Lipinski definition) is 0. The van der Waals surface area contributed by atoms with E-state index in [4.69, 9.17) is 14.4 Å². The summed E-state index contributed by atoms with van der Waals surface area (Å²) in [6.45, 7) is 6.69. The predicted octanol–water partition coefficient (Wildman–Crippen LogP) is 2.04. The molecule has 0 fully saturated rings. The Bertz CT molecular complexity index is 591. The van der Waals surface area contributed by atoms with Crippen LogP contribution < -0.4 is 5.19 Å². The average molecular weight is 315 g/mol. The van der Waals surface area contributed by atoms with E-state index in [1.807, 2.05) is 20.4 Å². The van der Waals surface area contributed by atoms with Crippen molar-refractivity contribution < 1.29 is 17.3 Å². The second kappa shape index (κ2) is 6.87. The largest absolute Gasteiger partial charge is 0.391 e. The molecule has 0 saturated carbocycles. The highest BCUT2D eigenvalue weighted by atomic mass is 32.2. The Labute approximate surface area is 119 Å². The SMILES string of the molecule is CCO[Si](C)(OCC)c1ccc(S(=O)(=O)N=[N+]=[N-])cc1. The van der Waals surface area contributed by atoms with Crippen LogP contribution in [-0.2, 0) is 18.9 Å². The number of azide groups is 1. The van der Waals surface area contributed by atoms with Gasteiger partial charge in [-0.2, -0.15) is 0 Å². The molecule has 0 radical (unpaired) electrons.